The van der Waals surface area contributed by atoms with Crippen LogP contribution in [-0.4, -0.2) is 60.2 Å². The average Bonchev–Trinajstić information content (AvgIpc) is 2.67. The van der Waals surface area contributed by atoms with E-state index in [4.69, 9.17) is 4.98 Å². The minimum absolute atomic E-state index is 0.184. The van der Waals surface area contributed by atoms with Crippen LogP contribution in [-0.2, 0) is 13.1 Å². The number of anilines is 2. The second kappa shape index (κ2) is 8.87. The Morgan fingerprint density at radius 3 is 2.03 bits per heavy atom. The van der Waals surface area contributed by atoms with E-state index in [0.29, 0.717) is 18.8 Å². The second-order valence-electron chi connectivity index (χ2n) is 7.57. The van der Waals surface area contributed by atoms with Crippen molar-refractivity contribution in [2.75, 3.05) is 45.0 Å². The number of nitrogens with zero attached hydrogens (tertiary/aromatic N) is 6. The van der Waals surface area contributed by atoms with E-state index in [1.165, 1.54) is 0 Å². The zero-order valence-corrected chi connectivity index (χ0v) is 17.7. The molecule has 0 atom stereocenters. The van der Waals surface area contributed by atoms with E-state index < -0.39 is 0 Å². The van der Waals surface area contributed by atoms with E-state index in [2.05, 4.69) is 25.8 Å². The minimum Gasteiger partial charge on any atom is -0.508 e. The lowest BCUT2D eigenvalue weighted by molar-refractivity contribution is 0.310. The fraction of sp³-hybridized carbons (Fsp3) is 0.318. The lowest BCUT2D eigenvalue weighted by Crippen LogP contribution is -2.19. The molecule has 0 aliphatic carbocycles. The first kappa shape index (κ1) is 20.5. The van der Waals surface area contributed by atoms with Crippen LogP contribution in [0.3, 0.4) is 0 Å². The highest BCUT2D eigenvalue weighted by Crippen LogP contribution is 2.24. The summed E-state index contributed by atoms with van der Waals surface area (Å²) in [4.78, 5) is 19.8. The van der Waals surface area contributed by atoms with E-state index in [9.17, 15) is 5.11 Å². The van der Waals surface area contributed by atoms with Crippen molar-refractivity contribution in [3.05, 3.63) is 60.2 Å². The molecule has 0 bridgehead atoms. The molecule has 7 nitrogen and oxygen atoms in total. The van der Waals surface area contributed by atoms with Crippen LogP contribution in [0.5, 0.6) is 5.75 Å². The Morgan fingerprint density at radius 1 is 0.724 bits per heavy atom. The summed E-state index contributed by atoms with van der Waals surface area (Å²) in [6.45, 7) is 1.27. The molecule has 0 aliphatic heterocycles. The van der Waals surface area contributed by atoms with Gasteiger partial charge in [0.25, 0.3) is 0 Å². The molecule has 152 valence electrons. The lowest BCUT2D eigenvalue weighted by Gasteiger charge is -2.18. The van der Waals surface area contributed by atoms with Gasteiger partial charge < -0.3 is 14.9 Å². The topological polar surface area (TPSA) is 68.6 Å². The Labute approximate surface area is 172 Å². The third-order valence-corrected chi connectivity index (χ3v) is 4.57. The molecule has 0 radical (unpaired) electrons. The molecular weight excluding hydrogens is 364 g/mol. The zero-order valence-electron chi connectivity index (χ0n) is 17.7. The van der Waals surface area contributed by atoms with Gasteiger partial charge in [-0.25, -0.2) is 4.98 Å². The number of aromatic hydroxyl groups is 1. The van der Waals surface area contributed by atoms with Crippen molar-refractivity contribution in [3.8, 4) is 17.1 Å². The molecule has 3 rings (SSSR count). The van der Waals surface area contributed by atoms with Crippen molar-refractivity contribution < 1.29 is 5.11 Å². The van der Waals surface area contributed by atoms with Crippen molar-refractivity contribution in [3.63, 3.8) is 0 Å². The van der Waals surface area contributed by atoms with Crippen LogP contribution in [0.4, 0.5) is 11.4 Å². The molecule has 0 unspecified atom stereocenters. The molecule has 0 saturated carbocycles. The number of hydrogen-bond acceptors (Lipinski definition) is 7. The number of pyridine rings is 3. The smallest absolute Gasteiger partial charge is 0.119 e. The van der Waals surface area contributed by atoms with Gasteiger partial charge in [0.2, 0.25) is 0 Å². The van der Waals surface area contributed by atoms with Gasteiger partial charge in [0.1, 0.15) is 5.75 Å². The maximum atomic E-state index is 10.2. The van der Waals surface area contributed by atoms with Crippen molar-refractivity contribution in [1.29, 1.82) is 0 Å². The van der Waals surface area contributed by atoms with Crippen LogP contribution >= 0.6 is 0 Å². The van der Waals surface area contributed by atoms with Gasteiger partial charge in [-0.3, -0.25) is 14.9 Å². The van der Waals surface area contributed by atoms with Gasteiger partial charge in [-0.15, -0.1) is 0 Å². The summed E-state index contributed by atoms with van der Waals surface area (Å²) in [5.74, 6) is 0.184. The third-order valence-electron chi connectivity index (χ3n) is 4.57. The molecule has 29 heavy (non-hydrogen) atoms. The first-order chi connectivity index (χ1) is 13.8. The van der Waals surface area contributed by atoms with Crippen molar-refractivity contribution in [2.45, 2.75) is 13.1 Å². The number of aromatic nitrogens is 3. The zero-order chi connectivity index (χ0) is 21.0. The third kappa shape index (κ3) is 5.42. The largest absolute Gasteiger partial charge is 0.508 e. The maximum Gasteiger partial charge on any atom is 0.119 e. The normalized spacial score (nSPS) is 11.0. The lowest BCUT2D eigenvalue weighted by atomic mass is 10.2. The summed E-state index contributed by atoms with van der Waals surface area (Å²) < 4.78 is 0. The Bertz CT molecular complexity index is 973. The standard InChI is InChI=1S/C22H28N6O/c1-26(2)18-6-8-23-16(10-18)14-28(5)15-17-11-20(29)13-22(25-17)21-12-19(27(3)4)7-9-24-21/h6-13H,14-15H2,1-5H3,(H,25,29). The van der Waals surface area contributed by atoms with E-state index in [0.717, 1.165) is 28.5 Å². The van der Waals surface area contributed by atoms with E-state index in [1.54, 1.807) is 18.3 Å². The summed E-state index contributed by atoms with van der Waals surface area (Å²) in [6, 6.07) is 11.3. The molecule has 0 amide bonds. The Hall–Kier alpha value is -3.19. The van der Waals surface area contributed by atoms with Gasteiger partial charge in [0.15, 0.2) is 0 Å². The summed E-state index contributed by atoms with van der Waals surface area (Å²) >= 11 is 0. The van der Waals surface area contributed by atoms with Gasteiger partial charge in [-0.2, -0.15) is 0 Å². The van der Waals surface area contributed by atoms with Crippen molar-refractivity contribution in [1.82, 2.24) is 19.9 Å². The van der Waals surface area contributed by atoms with Gasteiger partial charge in [0, 0.05) is 77.2 Å². The molecule has 3 aromatic rings. The molecule has 3 heterocycles. The molecule has 0 spiro atoms. The summed E-state index contributed by atoms with van der Waals surface area (Å²) in [5, 5.41) is 10.2. The number of rotatable bonds is 7. The predicted octanol–water partition coefficient (Wildman–Crippen LogP) is 3.01. The Morgan fingerprint density at radius 2 is 1.34 bits per heavy atom. The predicted molar refractivity (Wildman–Crippen MR) is 117 cm³/mol. The van der Waals surface area contributed by atoms with Crippen LogP contribution in [0.2, 0.25) is 0 Å². The van der Waals surface area contributed by atoms with Gasteiger partial charge >= 0.3 is 0 Å². The van der Waals surface area contributed by atoms with E-state index in [-0.39, 0.29) is 5.75 Å². The van der Waals surface area contributed by atoms with E-state index in [1.807, 2.05) is 64.5 Å². The SMILES string of the molecule is CN(Cc1cc(N(C)C)ccn1)Cc1cc(O)cc(-c2cc(N(C)C)ccn2)n1. The highest BCUT2D eigenvalue weighted by atomic mass is 16.3. The molecule has 1 N–H and O–H groups in total. The fourth-order valence-electron chi connectivity index (χ4n) is 3.06. The molecule has 0 fully saturated rings. The average molecular weight is 393 g/mol. The molecule has 0 aliphatic rings. The minimum atomic E-state index is 0.184. The highest BCUT2D eigenvalue weighted by molar-refractivity contribution is 5.62. The highest BCUT2D eigenvalue weighted by Gasteiger charge is 2.10. The maximum absolute atomic E-state index is 10.2. The van der Waals surface area contributed by atoms with E-state index >= 15 is 0 Å². The first-order valence-corrected chi connectivity index (χ1v) is 9.46. The Balaban J connectivity index is 1.78. The van der Waals surface area contributed by atoms with Crippen LogP contribution in [0.15, 0.2) is 48.8 Å². The van der Waals surface area contributed by atoms with Crippen LogP contribution in [0.25, 0.3) is 11.4 Å². The van der Waals surface area contributed by atoms with Crippen LogP contribution < -0.4 is 9.80 Å². The Kier molecular flexibility index (Phi) is 6.29. The van der Waals surface area contributed by atoms with Gasteiger partial charge in [0.05, 0.1) is 22.8 Å². The summed E-state index contributed by atoms with van der Waals surface area (Å²) in [6.07, 6.45) is 3.58. The molecule has 0 aromatic carbocycles. The molecule has 3 aromatic heterocycles. The summed E-state index contributed by atoms with van der Waals surface area (Å²) in [7, 11) is 10.0. The van der Waals surface area contributed by atoms with Crippen molar-refractivity contribution in [2.24, 2.45) is 0 Å². The van der Waals surface area contributed by atoms with Crippen LogP contribution in [0.1, 0.15) is 11.4 Å². The summed E-state index contributed by atoms with van der Waals surface area (Å²) in [5.41, 5.74) is 5.31. The van der Waals surface area contributed by atoms with Gasteiger partial charge in [-0.05, 0) is 31.3 Å². The molecular formula is C22H28N6O. The molecule has 7 heteroatoms. The van der Waals surface area contributed by atoms with Gasteiger partial charge in [-0.1, -0.05) is 0 Å². The van der Waals surface area contributed by atoms with Crippen molar-refractivity contribution >= 4 is 11.4 Å². The fourth-order valence-corrected chi connectivity index (χ4v) is 3.06. The number of hydrogen-bond donors (Lipinski definition) is 1. The van der Waals surface area contributed by atoms with Crippen LogP contribution in [0, 0.1) is 0 Å². The second-order valence-corrected chi connectivity index (χ2v) is 7.57. The quantitative estimate of drug-likeness (QED) is 0.663. The molecule has 0 saturated heterocycles. The monoisotopic (exact) mass is 392 g/mol. The first-order valence-electron chi connectivity index (χ1n) is 9.46.